The summed E-state index contributed by atoms with van der Waals surface area (Å²) in [5.41, 5.74) is 6.95. The second-order valence-corrected chi connectivity index (χ2v) is 4.60. The molecule has 1 aromatic heterocycles. The van der Waals surface area contributed by atoms with Crippen molar-refractivity contribution in [3.63, 3.8) is 0 Å². The van der Waals surface area contributed by atoms with Crippen LogP contribution in [0, 0.1) is 6.92 Å². The molecule has 1 rings (SSSR count). The summed E-state index contributed by atoms with van der Waals surface area (Å²) in [4.78, 5) is 11.2. The Morgan fingerprint density at radius 1 is 1.24 bits per heavy atom. The molecule has 0 aliphatic heterocycles. The van der Waals surface area contributed by atoms with Gasteiger partial charge in [-0.25, -0.2) is 9.97 Å². The summed E-state index contributed by atoms with van der Waals surface area (Å²) >= 11 is 0. The van der Waals surface area contributed by atoms with Crippen LogP contribution in [-0.2, 0) is 6.42 Å². The van der Waals surface area contributed by atoms with E-state index in [-0.39, 0.29) is 0 Å². The molecule has 0 saturated heterocycles. The van der Waals surface area contributed by atoms with Crippen molar-refractivity contribution in [2.24, 2.45) is 0 Å². The number of hydrogen-bond donors (Lipinski definition) is 1. The van der Waals surface area contributed by atoms with Gasteiger partial charge < -0.3 is 10.6 Å². The highest BCUT2D eigenvalue weighted by molar-refractivity contribution is 5.56. The molecule has 96 valence electrons. The summed E-state index contributed by atoms with van der Waals surface area (Å²) in [6.45, 7) is 11.5. The first-order chi connectivity index (χ1) is 8.01. The van der Waals surface area contributed by atoms with Crippen molar-refractivity contribution in [2.45, 2.75) is 53.5 Å². The minimum atomic E-state index is 0.419. The molecule has 0 amide bonds. The van der Waals surface area contributed by atoms with Crippen LogP contribution in [0.4, 0.5) is 11.6 Å². The van der Waals surface area contributed by atoms with Gasteiger partial charge in [0, 0.05) is 24.6 Å². The molecule has 0 saturated carbocycles. The number of aryl methyl sites for hydroxylation is 1. The van der Waals surface area contributed by atoms with E-state index in [2.05, 4.69) is 42.6 Å². The van der Waals surface area contributed by atoms with Gasteiger partial charge in [0.1, 0.15) is 17.5 Å². The Morgan fingerprint density at radius 3 is 2.35 bits per heavy atom. The fraction of sp³-hybridized carbons (Fsp3) is 0.692. The summed E-state index contributed by atoms with van der Waals surface area (Å²) in [6.07, 6.45) is 1.92. The molecular formula is C13H24N4. The molecular weight excluding hydrogens is 212 g/mol. The van der Waals surface area contributed by atoms with Crippen molar-refractivity contribution in [2.75, 3.05) is 17.2 Å². The molecule has 0 aliphatic carbocycles. The first kappa shape index (κ1) is 13.7. The van der Waals surface area contributed by atoms with Gasteiger partial charge in [0.2, 0.25) is 0 Å². The lowest BCUT2D eigenvalue weighted by molar-refractivity contribution is 0.683. The minimum absolute atomic E-state index is 0.419. The maximum atomic E-state index is 5.97. The Hall–Kier alpha value is -1.32. The van der Waals surface area contributed by atoms with Crippen molar-refractivity contribution in [1.29, 1.82) is 0 Å². The van der Waals surface area contributed by atoms with E-state index in [1.165, 1.54) is 0 Å². The Kier molecular flexibility index (Phi) is 4.73. The zero-order valence-electron chi connectivity index (χ0n) is 11.6. The molecule has 0 radical (unpaired) electrons. The maximum Gasteiger partial charge on any atom is 0.137 e. The van der Waals surface area contributed by atoms with Crippen LogP contribution in [0.5, 0.6) is 0 Å². The number of hydrogen-bond acceptors (Lipinski definition) is 4. The SMILES string of the molecule is CCCc1nc(N)c(C)c(N(CC)C(C)C)n1. The van der Waals surface area contributed by atoms with E-state index in [0.717, 1.165) is 36.6 Å². The first-order valence-corrected chi connectivity index (χ1v) is 6.40. The molecule has 0 aliphatic rings. The smallest absolute Gasteiger partial charge is 0.137 e. The molecule has 0 atom stereocenters. The third kappa shape index (κ3) is 3.08. The lowest BCUT2D eigenvalue weighted by Crippen LogP contribution is -2.32. The molecule has 0 aromatic carbocycles. The predicted octanol–water partition coefficient (Wildman–Crippen LogP) is 2.55. The summed E-state index contributed by atoms with van der Waals surface area (Å²) in [6, 6.07) is 0.419. The number of nitrogen functional groups attached to an aromatic ring is 1. The lowest BCUT2D eigenvalue weighted by atomic mass is 10.2. The van der Waals surface area contributed by atoms with Crippen LogP contribution in [0.3, 0.4) is 0 Å². The summed E-state index contributed by atoms with van der Waals surface area (Å²) in [7, 11) is 0. The van der Waals surface area contributed by atoms with Gasteiger partial charge in [0.15, 0.2) is 0 Å². The van der Waals surface area contributed by atoms with Crippen LogP contribution in [-0.4, -0.2) is 22.6 Å². The summed E-state index contributed by atoms with van der Waals surface area (Å²) < 4.78 is 0. The Balaban J connectivity index is 3.20. The number of nitrogens with two attached hydrogens (primary N) is 1. The first-order valence-electron chi connectivity index (χ1n) is 6.40. The Labute approximate surface area is 104 Å². The normalized spacial score (nSPS) is 10.9. The average molecular weight is 236 g/mol. The molecule has 4 heteroatoms. The van der Waals surface area contributed by atoms with E-state index in [1.807, 2.05) is 6.92 Å². The standard InChI is InChI=1S/C13H24N4/c1-6-8-11-15-12(14)10(5)13(16-11)17(7-2)9(3)4/h9H,6-8H2,1-5H3,(H2,14,15,16). The molecule has 0 fully saturated rings. The van der Waals surface area contributed by atoms with Crippen LogP contribution >= 0.6 is 0 Å². The predicted molar refractivity (Wildman–Crippen MR) is 73.3 cm³/mol. The Bertz CT molecular complexity index is 374. The monoisotopic (exact) mass is 236 g/mol. The highest BCUT2D eigenvalue weighted by atomic mass is 15.2. The Morgan fingerprint density at radius 2 is 1.88 bits per heavy atom. The second kappa shape index (κ2) is 5.84. The van der Waals surface area contributed by atoms with E-state index in [9.17, 15) is 0 Å². The largest absolute Gasteiger partial charge is 0.383 e. The minimum Gasteiger partial charge on any atom is -0.383 e. The highest BCUT2D eigenvalue weighted by Gasteiger charge is 2.16. The maximum absolute atomic E-state index is 5.97. The van der Waals surface area contributed by atoms with Gasteiger partial charge >= 0.3 is 0 Å². The third-order valence-corrected chi connectivity index (χ3v) is 2.91. The van der Waals surface area contributed by atoms with E-state index < -0.39 is 0 Å². The molecule has 4 nitrogen and oxygen atoms in total. The van der Waals surface area contributed by atoms with Gasteiger partial charge in [0.05, 0.1) is 0 Å². The quantitative estimate of drug-likeness (QED) is 0.853. The van der Waals surface area contributed by atoms with E-state index >= 15 is 0 Å². The fourth-order valence-corrected chi connectivity index (χ4v) is 1.94. The van der Waals surface area contributed by atoms with E-state index in [4.69, 9.17) is 5.73 Å². The van der Waals surface area contributed by atoms with Crippen molar-refractivity contribution >= 4 is 11.6 Å². The van der Waals surface area contributed by atoms with Gasteiger partial charge in [-0.1, -0.05) is 6.92 Å². The number of nitrogens with zero attached hydrogens (tertiary/aromatic N) is 3. The van der Waals surface area contributed by atoms with Crippen LogP contribution in [0.15, 0.2) is 0 Å². The van der Waals surface area contributed by atoms with E-state index in [0.29, 0.717) is 11.9 Å². The van der Waals surface area contributed by atoms with Crippen LogP contribution < -0.4 is 10.6 Å². The molecule has 0 bridgehead atoms. The zero-order chi connectivity index (χ0) is 13.0. The van der Waals surface area contributed by atoms with E-state index in [1.54, 1.807) is 0 Å². The molecule has 0 unspecified atom stereocenters. The summed E-state index contributed by atoms with van der Waals surface area (Å²) in [5, 5.41) is 0. The van der Waals surface area contributed by atoms with Crippen molar-refractivity contribution in [3.05, 3.63) is 11.4 Å². The van der Waals surface area contributed by atoms with Gasteiger partial charge in [-0.15, -0.1) is 0 Å². The molecule has 1 aromatic rings. The lowest BCUT2D eigenvalue weighted by Gasteiger charge is -2.28. The highest BCUT2D eigenvalue weighted by Crippen LogP contribution is 2.23. The topological polar surface area (TPSA) is 55.0 Å². The van der Waals surface area contributed by atoms with Gasteiger partial charge in [-0.05, 0) is 34.1 Å². The number of anilines is 2. The molecule has 2 N–H and O–H groups in total. The average Bonchev–Trinajstić information content (AvgIpc) is 2.25. The number of aromatic nitrogens is 2. The van der Waals surface area contributed by atoms with Gasteiger partial charge in [-0.3, -0.25) is 0 Å². The fourth-order valence-electron chi connectivity index (χ4n) is 1.94. The molecule has 0 spiro atoms. The molecule has 1 heterocycles. The van der Waals surface area contributed by atoms with Crippen molar-refractivity contribution < 1.29 is 0 Å². The van der Waals surface area contributed by atoms with Crippen LogP contribution in [0.2, 0.25) is 0 Å². The summed E-state index contributed by atoms with van der Waals surface area (Å²) in [5.74, 6) is 2.45. The third-order valence-electron chi connectivity index (χ3n) is 2.91. The van der Waals surface area contributed by atoms with Gasteiger partial charge in [0.25, 0.3) is 0 Å². The van der Waals surface area contributed by atoms with Crippen molar-refractivity contribution in [3.8, 4) is 0 Å². The van der Waals surface area contributed by atoms with Crippen LogP contribution in [0.1, 0.15) is 45.5 Å². The van der Waals surface area contributed by atoms with Crippen LogP contribution in [0.25, 0.3) is 0 Å². The second-order valence-electron chi connectivity index (χ2n) is 4.60. The number of rotatable bonds is 5. The van der Waals surface area contributed by atoms with Crippen molar-refractivity contribution in [1.82, 2.24) is 9.97 Å². The van der Waals surface area contributed by atoms with Gasteiger partial charge in [-0.2, -0.15) is 0 Å². The zero-order valence-corrected chi connectivity index (χ0v) is 11.6. The molecule has 17 heavy (non-hydrogen) atoms.